The van der Waals surface area contributed by atoms with E-state index in [-0.39, 0.29) is 17.4 Å². The lowest BCUT2D eigenvalue weighted by Gasteiger charge is -2.15. The Balaban J connectivity index is 2.37. The van der Waals surface area contributed by atoms with E-state index in [0.29, 0.717) is 0 Å². The SMILES string of the molecule is COc1cccc(C(C)c2ccc(O)cc2O)c1. The molecule has 0 amide bonds. The Labute approximate surface area is 106 Å². The van der Waals surface area contributed by atoms with E-state index < -0.39 is 0 Å². The van der Waals surface area contributed by atoms with Crippen molar-refractivity contribution in [3.05, 3.63) is 53.6 Å². The van der Waals surface area contributed by atoms with Crippen molar-refractivity contribution in [2.75, 3.05) is 7.11 Å². The summed E-state index contributed by atoms with van der Waals surface area (Å²) in [6.45, 7) is 2.00. The van der Waals surface area contributed by atoms with E-state index >= 15 is 0 Å². The van der Waals surface area contributed by atoms with Crippen molar-refractivity contribution < 1.29 is 14.9 Å². The summed E-state index contributed by atoms with van der Waals surface area (Å²) >= 11 is 0. The second kappa shape index (κ2) is 5.00. The summed E-state index contributed by atoms with van der Waals surface area (Å²) in [7, 11) is 1.63. The number of hydrogen-bond donors (Lipinski definition) is 2. The monoisotopic (exact) mass is 244 g/mol. The van der Waals surface area contributed by atoms with Crippen molar-refractivity contribution in [2.45, 2.75) is 12.8 Å². The van der Waals surface area contributed by atoms with Gasteiger partial charge in [0.15, 0.2) is 0 Å². The summed E-state index contributed by atoms with van der Waals surface area (Å²) < 4.78 is 5.19. The van der Waals surface area contributed by atoms with Gasteiger partial charge in [0.1, 0.15) is 17.2 Å². The summed E-state index contributed by atoms with van der Waals surface area (Å²) in [4.78, 5) is 0. The van der Waals surface area contributed by atoms with Crippen LogP contribution in [0.1, 0.15) is 24.0 Å². The molecule has 2 aromatic rings. The molecular formula is C15H16O3. The summed E-state index contributed by atoms with van der Waals surface area (Å²) in [6, 6.07) is 12.4. The van der Waals surface area contributed by atoms with Gasteiger partial charge in [0.2, 0.25) is 0 Å². The van der Waals surface area contributed by atoms with Crippen molar-refractivity contribution >= 4 is 0 Å². The molecule has 0 saturated carbocycles. The highest BCUT2D eigenvalue weighted by Crippen LogP contribution is 2.34. The predicted octanol–water partition coefficient (Wildman–Crippen LogP) is 3.26. The standard InChI is InChI=1S/C15H16O3/c1-10(11-4-3-5-13(8-11)18-2)14-7-6-12(16)9-15(14)17/h3-10,16-17H,1-2H3. The third kappa shape index (κ3) is 2.40. The lowest BCUT2D eigenvalue weighted by molar-refractivity contribution is 0.414. The molecule has 94 valence electrons. The summed E-state index contributed by atoms with van der Waals surface area (Å²) in [6.07, 6.45) is 0. The second-order valence-electron chi connectivity index (χ2n) is 4.24. The van der Waals surface area contributed by atoms with Crippen LogP contribution in [0.15, 0.2) is 42.5 Å². The average molecular weight is 244 g/mol. The Morgan fingerprint density at radius 3 is 2.50 bits per heavy atom. The Hall–Kier alpha value is -2.16. The molecule has 0 spiro atoms. The fraction of sp³-hybridized carbons (Fsp3) is 0.200. The third-order valence-corrected chi connectivity index (χ3v) is 3.07. The number of aromatic hydroxyl groups is 2. The Bertz CT molecular complexity index is 549. The van der Waals surface area contributed by atoms with E-state index in [1.807, 2.05) is 31.2 Å². The molecule has 0 fully saturated rings. The molecule has 2 aromatic carbocycles. The van der Waals surface area contributed by atoms with Gasteiger partial charge in [-0.05, 0) is 23.8 Å². The number of ether oxygens (including phenoxy) is 1. The number of phenols is 2. The highest BCUT2D eigenvalue weighted by Gasteiger charge is 2.13. The van der Waals surface area contributed by atoms with Gasteiger partial charge in [-0.3, -0.25) is 0 Å². The van der Waals surface area contributed by atoms with Crippen LogP contribution in [0.25, 0.3) is 0 Å². The topological polar surface area (TPSA) is 49.7 Å². The summed E-state index contributed by atoms with van der Waals surface area (Å²) in [5, 5.41) is 19.2. The van der Waals surface area contributed by atoms with E-state index in [9.17, 15) is 10.2 Å². The number of benzene rings is 2. The number of hydrogen-bond acceptors (Lipinski definition) is 3. The highest BCUT2D eigenvalue weighted by atomic mass is 16.5. The van der Waals surface area contributed by atoms with E-state index in [4.69, 9.17) is 4.74 Å². The van der Waals surface area contributed by atoms with E-state index in [2.05, 4.69) is 0 Å². The largest absolute Gasteiger partial charge is 0.508 e. The Morgan fingerprint density at radius 2 is 1.83 bits per heavy atom. The van der Waals surface area contributed by atoms with Gasteiger partial charge in [0.05, 0.1) is 7.11 Å². The van der Waals surface area contributed by atoms with Gasteiger partial charge in [-0.15, -0.1) is 0 Å². The van der Waals surface area contributed by atoms with Gasteiger partial charge in [-0.1, -0.05) is 25.1 Å². The molecule has 0 bridgehead atoms. The quantitative estimate of drug-likeness (QED) is 0.871. The molecule has 0 heterocycles. The molecule has 0 aromatic heterocycles. The molecule has 0 aliphatic rings. The molecule has 3 nitrogen and oxygen atoms in total. The molecule has 0 radical (unpaired) electrons. The highest BCUT2D eigenvalue weighted by molar-refractivity contribution is 5.45. The minimum absolute atomic E-state index is 0.0284. The maximum absolute atomic E-state index is 9.86. The molecule has 3 heteroatoms. The number of rotatable bonds is 3. The molecule has 1 atom stereocenters. The first-order valence-electron chi connectivity index (χ1n) is 5.77. The molecule has 18 heavy (non-hydrogen) atoms. The third-order valence-electron chi connectivity index (χ3n) is 3.07. The van der Waals surface area contributed by atoms with Crippen LogP contribution >= 0.6 is 0 Å². The molecule has 1 unspecified atom stereocenters. The summed E-state index contributed by atoms with van der Waals surface area (Å²) in [5.41, 5.74) is 1.83. The minimum atomic E-state index is 0.0284. The van der Waals surface area contributed by atoms with Crippen LogP contribution in [0.2, 0.25) is 0 Å². The van der Waals surface area contributed by atoms with Crippen LogP contribution in [-0.4, -0.2) is 17.3 Å². The minimum Gasteiger partial charge on any atom is -0.508 e. The van der Waals surface area contributed by atoms with E-state index in [0.717, 1.165) is 16.9 Å². The molecular weight excluding hydrogens is 228 g/mol. The van der Waals surface area contributed by atoms with Crippen LogP contribution in [0.3, 0.4) is 0 Å². The first-order chi connectivity index (χ1) is 8.61. The van der Waals surface area contributed by atoms with Crippen molar-refractivity contribution in [3.63, 3.8) is 0 Å². The van der Waals surface area contributed by atoms with Crippen molar-refractivity contribution in [1.29, 1.82) is 0 Å². The first kappa shape index (κ1) is 12.3. The fourth-order valence-corrected chi connectivity index (χ4v) is 1.99. The average Bonchev–Trinajstić information content (AvgIpc) is 2.38. The van der Waals surface area contributed by atoms with Gasteiger partial charge >= 0.3 is 0 Å². The lowest BCUT2D eigenvalue weighted by Crippen LogP contribution is -1.97. The van der Waals surface area contributed by atoms with Crippen LogP contribution in [-0.2, 0) is 0 Å². The van der Waals surface area contributed by atoms with Gasteiger partial charge < -0.3 is 14.9 Å². The van der Waals surface area contributed by atoms with Crippen LogP contribution < -0.4 is 4.74 Å². The smallest absolute Gasteiger partial charge is 0.123 e. The van der Waals surface area contributed by atoms with E-state index in [1.54, 1.807) is 19.2 Å². The zero-order valence-corrected chi connectivity index (χ0v) is 10.4. The molecule has 2 rings (SSSR count). The van der Waals surface area contributed by atoms with Crippen LogP contribution in [0.4, 0.5) is 0 Å². The van der Waals surface area contributed by atoms with Gasteiger partial charge in [0.25, 0.3) is 0 Å². The van der Waals surface area contributed by atoms with Crippen LogP contribution in [0, 0.1) is 0 Å². The zero-order valence-electron chi connectivity index (χ0n) is 10.4. The Kier molecular flexibility index (Phi) is 3.42. The maximum Gasteiger partial charge on any atom is 0.123 e. The zero-order chi connectivity index (χ0) is 13.1. The normalized spacial score (nSPS) is 12.1. The molecule has 0 saturated heterocycles. The number of methoxy groups -OCH3 is 1. The van der Waals surface area contributed by atoms with Crippen LogP contribution in [0.5, 0.6) is 17.2 Å². The van der Waals surface area contributed by atoms with E-state index in [1.165, 1.54) is 6.07 Å². The van der Waals surface area contributed by atoms with Gasteiger partial charge in [0, 0.05) is 17.5 Å². The summed E-state index contributed by atoms with van der Waals surface area (Å²) in [5.74, 6) is 0.984. The second-order valence-corrected chi connectivity index (χ2v) is 4.24. The number of phenolic OH excluding ortho intramolecular Hbond substituents is 2. The first-order valence-corrected chi connectivity index (χ1v) is 5.77. The lowest BCUT2D eigenvalue weighted by atomic mass is 9.92. The van der Waals surface area contributed by atoms with Gasteiger partial charge in [-0.2, -0.15) is 0 Å². The van der Waals surface area contributed by atoms with Gasteiger partial charge in [-0.25, -0.2) is 0 Å². The molecule has 0 aliphatic heterocycles. The van der Waals surface area contributed by atoms with Crippen molar-refractivity contribution in [3.8, 4) is 17.2 Å². The van der Waals surface area contributed by atoms with Crippen molar-refractivity contribution in [1.82, 2.24) is 0 Å². The fourth-order valence-electron chi connectivity index (χ4n) is 1.99. The molecule has 0 aliphatic carbocycles. The van der Waals surface area contributed by atoms with Crippen molar-refractivity contribution in [2.24, 2.45) is 0 Å². The maximum atomic E-state index is 9.86. The Morgan fingerprint density at radius 1 is 1.06 bits per heavy atom. The molecule has 2 N–H and O–H groups in total. The predicted molar refractivity (Wildman–Crippen MR) is 70.3 cm³/mol.